The minimum atomic E-state index is -0.373. The molecule has 1 aromatic carbocycles. The average Bonchev–Trinajstić information content (AvgIpc) is 3.35. The molecular formula is C21H21N5O3S. The molecule has 4 heterocycles. The van der Waals surface area contributed by atoms with Gasteiger partial charge in [0.2, 0.25) is 5.91 Å². The molecule has 3 aromatic heterocycles. The van der Waals surface area contributed by atoms with Gasteiger partial charge in [0.25, 0.3) is 0 Å². The van der Waals surface area contributed by atoms with Crippen LogP contribution in [0.4, 0.5) is 5.13 Å². The molecule has 8 nitrogen and oxygen atoms in total. The number of benzene rings is 1. The Hall–Kier alpha value is -3.20. The Morgan fingerprint density at radius 1 is 1.10 bits per heavy atom. The second kappa shape index (κ2) is 7.91. The van der Waals surface area contributed by atoms with Crippen molar-refractivity contribution >= 4 is 43.8 Å². The monoisotopic (exact) mass is 423 g/mol. The number of amides is 1. The summed E-state index contributed by atoms with van der Waals surface area (Å²) in [7, 11) is 0. The minimum Gasteiger partial charge on any atom is -0.408 e. The Kier molecular flexibility index (Phi) is 4.96. The molecule has 1 fully saturated rings. The molecule has 9 heteroatoms. The number of aromatic nitrogens is 3. The third-order valence-electron chi connectivity index (χ3n) is 5.40. The molecule has 4 aromatic rings. The summed E-state index contributed by atoms with van der Waals surface area (Å²) in [5.41, 5.74) is 2.27. The third-order valence-corrected chi connectivity index (χ3v) is 6.44. The zero-order chi connectivity index (χ0) is 20.5. The Labute approximate surface area is 176 Å². The number of carbonyl (C=O) groups excluding carboxylic acids is 1. The summed E-state index contributed by atoms with van der Waals surface area (Å²) in [6.07, 6.45) is 2.80. The number of oxazole rings is 1. The highest BCUT2D eigenvalue weighted by Gasteiger charge is 2.23. The van der Waals surface area contributed by atoms with Crippen molar-refractivity contribution in [3.63, 3.8) is 0 Å². The van der Waals surface area contributed by atoms with Gasteiger partial charge in [-0.15, -0.1) is 0 Å². The van der Waals surface area contributed by atoms with E-state index in [1.54, 1.807) is 28.2 Å². The van der Waals surface area contributed by atoms with Gasteiger partial charge in [0, 0.05) is 45.3 Å². The van der Waals surface area contributed by atoms with Crippen LogP contribution in [0.5, 0.6) is 0 Å². The van der Waals surface area contributed by atoms with Gasteiger partial charge in [-0.2, -0.15) is 0 Å². The zero-order valence-electron chi connectivity index (χ0n) is 16.4. The molecule has 1 aliphatic rings. The second-order valence-electron chi connectivity index (χ2n) is 7.28. The van der Waals surface area contributed by atoms with Crippen molar-refractivity contribution in [3.05, 3.63) is 53.1 Å². The molecule has 1 aliphatic heterocycles. The van der Waals surface area contributed by atoms with Crippen LogP contribution in [0.2, 0.25) is 0 Å². The molecule has 154 valence electrons. The molecule has 0 spiro atoms. The Balaban J connectivity index is 1.15. The maximum Gasteiger partial charge on any atom is 0.419 e. The van der Waals surface area contributed by atoms with E-state index in [4.69, 9.17) is 4.42 Å². The molecule has 5 rings (SSSR count). The van der Waals surface area contributed by atoms with Crippen LogP contribution < -0.4 is 10.7 Å². The molecule has 30 heavy (non-hydrogen) atoms. The van der Waals surface area contributed by atoms with Crippen LogP contribution >= 0.6 is 11.3 Å². The molecule has 0 bridgehead atoms. The minimum absolute atomic E-state index is 0.126. The van der Waals surface area contributed by atoms with E-state index in [2.05, 4.69) is 14.9 Å². The summed E-state index contributed by atoms with van der Waals surface area (Å²) < 4.78 is 6.84. The lowest BCUT2D eigenvalue weighted by Crippen LogP contribution is -2.48. The summed E-state index contributed by atoms with van der Waals surface area (Å²) in [6, 6.07) is 11.2. The van der Waals surface area contributed by atoms with Gasteiger partial charge in [-0.3, -0.25) is 9.36 Å². The highest BCUT2D eigenvalue weighted by molar-refractivity contribution is 7.21. The molecule has 0 radical (unpaired) electrons. The van der Waals surface area contributed by atoms with E-state index in [9.17, 15) is 9.59 Å². The molecule has 0 atom stereocenters. The number of aryl methyl sites for hydroxylation is 1. The highest BCUT2D eigenvalue weighted by Crippen LogP contribution is 2.27. The van der Waals surface area contributed by atoms with Crippen molar-refractivity contribution in [1.82, 2.24) is 19.4 Å². The number of pyridine rings is 1. The average molecular weight is 423 g/mol. The number of piperazine rings is 1. The van der Waals surface area contributed by atoms with Crippen LogP contribution in [0.1, 0.15) is 12.8 Å². The Morgan fingerprint density at radius 2 is 1.93 bits per heavy atom. The van der Waals surface area contributed by atoms with Gasteiger partial charge in [0.05, 0.1) is 5.52 Å². The van der Waals surface area contributed by atoms with Crippen LogP contribution in [0.25, 0.3) is 21.4 Å². The van der Waals surface area contributed by atoms with Crippen LogP contribution in [0.15, 0.2) is 51.8 Å². The van der Waals surface area contributed by atoms with Gasteiger partial charge in [-0.25, -0.2) is 14.8 Å². The van der Waals surface area contributed by atoms with Crippen molar-refractivity contribution < 1.29 is 9.21 Å². The second-order valence-corrected chi connectivity index (χ2v) is 8.24. The standard InChI is InChI=1S/C21H21N5O3S/c27-18(8-4-10-26-16-6-1-2-7-17(16)29-21(26)28)24-11-13-25(14-12-24)20-23-15-5-3-9-22-19(15)30-20/h1-3,5-7,9H,4,8,10-14H2. The predicted molar refractivity (Wildman–Crippen MR) is 116 cm³/mol. The summed E-state index contributed by atoms with van der Waals surface area (Å²) in [4.78, 5) is 38.7. The van der Waals surface area contributed by atoms with Gasteiger partial charge in [-0.1, -0.05) is 23.5 Å². The summed E-state index contributed by atoms with van der Waals surface area (Å²) in [6.45, 7) is 3.35. The van der Waals surface area contributed by atoms with Crippen LogP contribution in [0, 0.1) is 0 Å². The molecule has 0 aliphatic carbocycles. The van der Waals surface area contributed by atoms with E-state index in [-0.39, 0.29) is 11.7 Å². The van der Waals surface area contributed by atoms with Crippen LogP contribution in [-0.4, -0.2) is 51.5 Å². The third kappa shape index (κ3) is 3.56. The van der Waals surface area contributed by atoms with Gasteiger partial charge >= 0.3 is 5.76 Å². The fourth-order valence-electron chi connectivity index (χ4n) is 3.81. The molecule has 1 amide bonds. The zero-order valence-corrected chi connectivity index (χ0v) is 17.2. The lowest BCUT2D eigenvalue weighted by Gasteiger charge is -2.34. The number of hydrogen-bond donors (Lipinski definition) is 0. The first-order chi connectivity index (χ1) is 14.7. The number of fused-ring (bicyclic) bond motifs is 2. The van der Waals surface area contributed by atoms with E-state index in [0.29, 0.717) is 38.1 Å². The molecule has 0 saturated carbocycles. The number of para-hydroxylation sites is 2. The van der Waals surface area contributed by atoms with Gasteiger partial charge in [0.15, 0.2) is 10.7 Å². The van der Waals surface area contributed by atoms with Crippen molar-refractivity contribution in [2.75, 3.05) is 31.1 Å². The number of carbonyl (C=O) groups is 1. The Morgan fingerprint density at radius 3 is 2.77 bits per heavy atom. The van der Waals surface area contributed by atoms with Crippen LogP contribution in [-0.2, 0) is 11.3 Å². The summed E-state index contributed by atoms with van der Waals surface area (Å²) in [5.74, 6) is -0.246. The number of nitrogens with zero attached hydrogens (tertiary/aromatic N) is 5. The van der Waals surface area contributed by atoms with E-state index in [1.807, 2.05) is 35.2 Å². The number of hydrogen-bond acceptors (Lipinski definition) is 7. The van der Waals surface area contributed by atoms with Gasteiger partial charge in [0.1, 0.15) is 10.3 Å². The van der Waals surface area contributed by atoms with Gasteiger partial charge in [-0.05, 0) is 30.7 Å². The maximum absolute atomic E-state index is 12.6. The lowest BCUT2D eigenvalue weighted by atomic mass is 10.2. The summed E-state index contributed by atoms with van der Waals surface area (Å²) in [5, 5.41) is 0.960. The first-order valence-corrected chi connectivity index (χ1v) is 10.8. The fraction of sp³-hybridized carbons (Fsp3) is 0.333. The van der Waals surface area contributed by atoms with E-state index < -0.39 is 0 Å². The molecule has 0 unspecified atom stereocenters. The largest absolute Gasteiger partial charge is 0.419 e. The first kappa shape index (κ1) is 18.8. The summed E-state index contributed by atoms with van der Waals surface area (Å²) >= 11 is 1.59. The van der Waals surface area contributed by atoms with Crippen molar-refractivity contribution in [1.29, 1.82) is 0 Å². The quantitative estimate of drug-likeness (QED) is 0.491. The molecule has 1 saturated heterocycles. The van der Waals surface area contributed by atoms with E-state index >= 15 is 0 Å². The molecule has 0 N–H and O–H groups in total. The lowest BCUT2D eigenvalue weighted by molar-refractivity contribution is -0.131. The van der Waals surface area contributed by atoms with Gasteiger partial charge < -0.3 is 14.2 Å². The topological polar surface area (TPSA) is 84.5 Å². The van der Waals surface area contributed by atoms with E-state index in [0.717, 1.165) is 34.1 Å². The normalized spacial score (nSPS) is 14.7. The smallest absolute Gasteiger partial charge is 0.408 e. The predicted octanol–water partition coefficient (Wildman–Crippen LogP) is 2.73. The van der Waals surface area contributed by atoms with E-state index in [1.165, 1.54) is 0 Å². The van der Waals surface area contributed by atoms with Crippen molar-refractivity contribution in [2.24, 2.45) is 0 Å². The number of rotatable bonds is 5. The number of thiazole rings is 1. The highest BCUT2D eigenvalue weighted by atomic mass is 32.1. The number of anilines is 1. The van der Waals surface area contributed by atoms with Crippen LogP contribution in [0.3, 0.4) is 0 Å². The Bertz CT molecular complexity index is 1220. The maximum atomic E-state index is 12.6. The molecular weight excluding hydrogens is 402 g/mol. The fourth-order valence-corrected chi connectivity index (χ4v) is 4.77. The SMILES string of the molecule is O=C(CCCn1c(=O)oc2ccccc21)N1CCN(c2nc3cccnc3s2)CC1. The van der Waals surface area contributed by atoms with Crippen molar-refractivity contribution in [2.45, 2.75) is 19.4 Å². The first-order valence-electron chi connectivity index (χ1n) is 10.0. The van der Waals surface area contributed by atoms with Crippen molar-refractivity contribution in [3.8, 4) is 0 Å².